The van der Waals surface area contributed by atoms with Crippen molar-refractivity contribution in [2.45, 2.75) is 38.8 Å². The Bertz CT molecular complexity index is 624. The summed E-state index contributed by atoms with van der Waals surface area (Å²) in [6.45, 7) is 4.68. The molecule has 1 aliphatic heterocycles. The summed E-state index contributed by atoms with van der Waals surface area (Å²) in [5.41, 5.74) is 1.33. The van der Waals surface area contributed by atoms with E-state index in [1.807, 2.05) is 26.0 Å². The first-order valence-corrected chi connectivity index (χ1v) is 7.08. The van der Waals surface area contributed by atoms with Gasteiger partial charge in [0, 0.05) is 18.3 Å². The van der Waals surface area contributed by atoms with Crippen LogP contribution in [0.25, 0.3) is 0 Å². The number of amides is 1. The zero-order chi connectivity index (χ0) is 15.4. The first-order chi connectivity index (χ1) is 10.1. The minimum atomic E-state index is -0.181. The number of nitrogens with one attached hydrogen (secondary N) is 1. The highest BCUT2D eigenvalue weighted by Gasteiger charge is 2.30. The fourth-order valence-electron chi connectivity index (χ4n) is 2.58. The van der Waals surface area contributed by atoms with Crippen LogP contribution in [0.3, 0.4) is 0 Å². The maximum absolute atomic E-state index is 12.5. The number of anilines is 1. The quantitative estimate of drug-likeness (QED) is 0.918. The van der Waals surface area contributed by atoms with Gasteiger partial charge in [-0.2, -0.15) is 10.5 Å². The lowest BCUT2D eigenvalue weighted by atomic mass is 10.0. The molecule has 108 valence electrons. The number of carbonyl (C=O) groups excluding carboxylic acids is 1. The van der Waals surface area contributed by atoms with Crippen LogP contribution in [0, 0.1) is 22.7 Å². The van der Waals surface area contributed by atoms with Gasteiger partial charge in [-0.25, -0.2) is 0 Å². The van der Waals surface area contributed by atoms with Crippen molar-refractivity contribution in [2.75, 3.05) is 11.4 Å². The van der Waals surface area contributed by atoms with E-state index >= 15 is 0 Å². The Morgan fingerprint density at radius 2 is 2.00 bits per heavy atom. The van der Waals surface area contributed by atoms with E-state index in [1.54, 1.807) is 23.1 Å². The molecule has 1 aliphatic rings. The van der Waals surface area contributed by atoms with Gasteiger partial charge in [-0.3, -0.25) is 4.79 Å². The van der Waals surface area contributed by atoms with E-state index in [1.165, 1.54) is 0 Å². The van der Waals surface area contributed by atoms with Gasteiger partial charge in [-0.1, -0.05) is 13.8 Å². The molecule has 1 aromatic carbocycles. The normalized spacial score (nSPS) is 18.4. The monoisotopic (exact) mass is 282 g/mol. The fraction of sp³-hybridized carbons (Fsp3) is 0.438. The van der Waals surface area contributed by atoms with Crippen LogP contribution in [0.15, 0.2) is 18.2 Å². The molecule has 0 aliphatic carbocycles. The van der Waals surface area contributed by atoms with E-state index in [-0.39, 0.29) is 18.0 Å². The van der Waals surface area contributed by atoms with Gasteiger partial charge in [0.15, 0.2) is 0 Å². The predicted octanol–water partition coefficient (Wildman–Crippen LogP) is 1.92. The van der Waals surface area contributed by atoms with Gasteiger partial charge in [-0.15, -0.1) is 0 Å². The Hall–Kier alpha value is -2.37. The molecule has 1 heterocycles. The maximum Gasteiger partial charge on any atom is 0.244 e. The molecule has 1 atom stereocenters. The average Bonchev–Trinajstić information content (AvgIpc) is 2.48. The van der Waals surface area contributed by atoms with Gasteiger partial charge in [0.2, 0.25) is 5.91 Å². The van der Waals surface area contributed by atoms with Crippen molar-refractivity contribution >= 4 is 11.6 Å². The Labute approximate surface area is 124 Å². The van der Waals surface area contributed by atoms with Crippen LogP contribution in [-0.2, 0) is 4.79 Å². The lowest BCUT2D eigenvalue weighted by molar-refractivity contribution is -0.121. The van der Waals surface area contributed by atoms with Crippen molar-refractivity contribution < 1.29 is 4.79 Å². The van der Waals surface area contributed by atoms with E-state index in [2.05, 4.69) is 5.32 Å². The number of hydrogen-bond donors (Lipinski definition) is 1. The second-order valence-electron chi connectivity index (χ2n) is 5.46. The van der Waals surface area contributed by atoms with Crippen LogP contribution in [0.1, 0.15) is 37.8 Å². The zero-order valence-corrected chi connectivity index (χ0v) is 12.3. The molecule has 2 rings (SSSR count). The molecule has 0 spiro atoms. The van der Waals surface area contributed by atoms with Crippen LogP contribution >= 0.6 is 0 Å². The third-order valence-electron chi connectivity index (χ3n) is 3.53. The third kappa shape index (κ3) is 3.21. The topological polar surface area (TPSA) is 79.9 Å². The van der Waals surface area contributed by atoms with E-state index < -0.39 is 0 Å². The molecule has 1 amide bonds. The molecule has 1 unspecified atom stereocenters. The van der Waals surface area contributed by atoms with Gasteiger partial charge in [0.1, 0.15) is 12.1 Å². The first-order valence-electron chi connectivity index (χ1n) is 7.08. The molecule has 21 heavy (non-hydrogen) atoms. The number of nitriles is 2. The molecule has 0 radical (unpaired) electrons. The highest BCUT2D eigenvalue weighted by molar-refractivity contribution is 5.98. The van der Waals surface area contributed by atoms with Gasteiger partial charge in [0.05, 0.1) is 17.2 Å². The summed E-state index contributed by atoms with van der Waals surface area (Å²) in [6.07, 6.45) is 1.74. The number of carbonyl (C=O) groups is 1. The second kappa shape index (κ2) is 6.39. The number of piperidine rings is 1. The van der Waals surface area contributed by atoms with Gasteiger partial charge < -0.3 is 10.2 Å². The lowest BCUT2D eigenvalue weighted by Crippen LogP contribution is -2.52. The smallest absolute Gasteiger partial charge is 0.244 e. The summed E-state index contributed by atoms with van der Waals surface area (Å²) in [5.74, 6) is 0.0311. The van der Waals surface area contributed by atoms with Crippen molar-refractivity contribution in [3.8, 4) is 12.1 Å². The molecular weight excluding hydrogens is 264 g/mol. The van der Waals surface area contributed by atoms with Crippen LogP contribution in [-0.4, -0.2) is 24.5 Å². The van der Waals surface area contributed by atoms with Gasteiger partial charge >= 0.3 is 0 Å². The Kier molecular flexibility index (Phi) is 4.57. The summed E-state index contributed by atoms with van der Waals surface area (Å²) >= 11 is 0. The molecule has 0 saturated carbocycles. The van der Waals surface area contributed by atoms with Gasteiger partial charge in [-0.05, 0) is 31.0 Å². The molecule has 5 heteroatoms. The molecule has 5 nitrogen and oxygen atoms in total. The van der Waals surface area contributed by atoms with Crippen LogP contribution in [0.5, 0.6) is 0 Å². The second-order valence-corrected chi connectivity index (χ2v) is 5.46. The van der Waals surface area contributed by atoms with Crippen molar-refractivity contribution in [3.05, 3.63) is 29.3 Å². The van der Waals surface area contributed by atoms with E-state index in [9.17, 15) is 4.79 Å². The highest BCUT2D eigenvalue weighted by Crippen LogP contribution is 2.24. The minimum absolute atomic E-state index is 0.0311. The summed E-state index contributed by atoms with van der Waals surface area (Å²) in [7, 11) is 0. The molecule has 1 fully saturated rings. The summed E-state index contributed by atoms with van der Waals surface area (Å²) in [4.78, 5) is 14.2. The maximum atomic E-state index is 12.5. The minimum Gasteiger partial charge on any atom is -0.311 e. The largest absolute Gasteiger partial charge is 0.311 e. The lowest BCUT2D eigenvalue weighted by Gasteiger charge is -2.33. The van der Waals surface area contributed by atoms with Crippen molar-refractivity contribution in [1.82, 2.24) is 5.32 Å². The number of nitrogens with zero attached hydrogens (tertiary/aromatic N) is 3. The van der Waals surface area contributed by atoms with Crippen LogP contribution < -0.4 is 10.2 Å². The van der Waals surface area contributed by atoms with Crippen LogP contribution in [0.2, 0.25) is 0 Å². The first kappa shape index (κ1) is 15.0. The molecule has 1 N–H and O–H groups in total. The average molecular weight is 282 g/mol. The molecule has 0 bridgehead atoms. The van der Waals surface area contributed by atoms with E-state index in [0.29, 0.717) is 23.4 Å². The Morgan fingerprint density at radius 1 is 1.29 bits per heavy atom. The summed E-state index contributed by atoms with van der Waals surface area (Å²) in [6, 6.07) is 9.01. The standard InChI is InChI=1S/C16H18N4O/c1-11(2)19-15-4-3-7-20(16(15)21)14-6-5-12(9-17)13(8-14)10-18/h5-6,8,11,15,19H,3-4,7H2,1-2H3. The summed E-state index contributed by atoms with van der Waals surface area (Å²) < 4.78 is 0. The molecule has 1 aromatic rings. The Morgan fingerprint density at radius 3 is 2.62 bits per heavy atom. The van der Waals surface area contributed by atoms with E-state index in [0.717, 1.165) is 12.8 Å². The SMILES string of the molecule is CC(C)NC1CCCN(c2ccc(C#N)c(C#N)c2)C1=O. The fourth-order valence-corrected chi connectivity index (χ4v) is 2.58. The molecule has 1 saturated heterocycles. The number of hydrogen-bond acceptors (Lipinski definition) is 4. The predicted molar refractivity (Wildman–Crippen MR) is 79.5 cm³/mol. The molecule has 0 aromatic heterocycles. The number of benzene rings is 1. The van der Waals surface area contributed by atoms with Crippen molar-refractivity contribution in [2.24, 2.45) is 0 Å². The molecular formula is C16H18N4O. The van der Waals surface area contributed by atoms with Gasteiger partial charge in [0.25, 0.3) is 0 Å². The zero-order valence-electron chi connectivity index (χ0n) is 12.3. The third-order valence-corrected chi connectivity index (χ3v) is 3.53. The van der Waals surface area contributed by atoms with E-state index in [4.69, 9.17) is 10.5 Å². The number of rotatable bonds is 3. The Balaban J connectivity index is 2.27. The van der Waals surface area contributed by atoms with Crippen molar-refractivity contribution in [1.29, 1.82) is 10.5 Å². The highest BCUT2D eigenvalue weighted by atomic mass is 16.2. The van der Waals surface area contributed by atoms with Crippen molar-refractivity contribution in [3.63, 3.8) is 0 Å². The van der Waals surface area contributed by atoms with Crippen LogP contribution in [0.4, 0.5) is 5.69 Å². The summed E-state index contributed by atoms with van der Waals surface area (Å²) in [5, 5.41) is 21.3.